The van der Waals surface area contributed by atoms with Crippen molar-refractivity contribution in [3.8, 4) is 5.75 Å². The van der Waals surface area contributed by atoms with Crippen molar-refractivity contribution in [2.75, 3.05) is 20.2 Å². The molecule has 0 spiro atoms. The van der Waals surface area contributed by atoms with E-state index in [9.17, 15) is 13.2 Å². The summed E-state index contributed by atoms with van der Waals surface area (Å²) in [4.78, 5) is 12.5. The molecule has 2 aromatic rings. The lowest BCUT2D eigenvalue weighted by Gasteiger charge is -2.19. The van der Waals surface area contributed by atoms with Gasteiger partial charge in [-0.1, -0.05) is 44.2 Å². The van der Waals surface area contributed by atoms with Gasteiger partial charge >= 0.3 is 0 Å². The van der Waals surface area contributed by atoms with E-state index < -0.39 is 10.0 Å². The maximum Gasteiger partial charge on any atom is 0.244 e. The Kier molecular flexibility index (Phi) is 7.99. The Bertz CT molecular complexity index is 949. The molecule has 1 atom stereocenters. The molecule has 1 N–H and O–H groups in total. The Morgan fingerprint density at radius 3 is 2.31 bits per heavy atom. The topological polar surface area (TPSA) is 75.7 Å². The summed E-state index contributed by atoms with van der Waals surface area (Å²) in [6.07, 6.45) is 3.15. The lowest BCUT2D eigenvalue weighted by molar-refractivity contribution is -0.117. The highest BCUT2D eigenvalue weighted by Gasteiger charge is 2.21. The molecule has 2 aromatic carbocycles. The normalized spacial score (nSPS) is 12.9. The van der Waals surface area contributed by atoms with Gasteiger partial charge in [0.15, 0.2) is 0 Å². The van der Waals surface area contributed by atoms with Crippen LogP contribution in [0.2, 0.25) is 0 Å². The van der Waals surface area contributed by atoms with Gasteiger partial charge in [-0.05, 0) is 36.8 Å². The van der Waals surface area contributed by atoms with Crippen LogP contribution in [0.3, 0.4) is 0 Å². The number of hydrogen-bond donors (Lipinski definition) is 1. The maximum atomic E-state index is 12.6. The summed E-state index contributed by atoms with van der Waals surface area (Å²) in [6.45, 7) is 6.32. The van der Waals surface area contributed by atoms with Gasteiger partial charge in [0, 0.05) is 24.7 Å². The van der Waals surface area contributed by atoms with Crippen LogP contribution in [-0.2, 0) is 14.8 Å². The van der Waals surface area contributed by atoms with E-state index in [4.69, 9.17) is 4.74 Å². The Hall–Kier alpha value is -2.64. The summed E-state index contributed by atoms with van der Waals surface area (Å²) in [5.41, 5.74) is 1.63. The zero-order chi connectivity index (χ0) is 21.4. The molecule has 7 heteroatoms. The van der Waals surface area contributed by atoms with Crippen LogP contribution >= 0.6 is 0 Å². The molecule has 0 bridgehead atoms. The summed E-state index contributed by atoms with van der Waals surface area (Å²) in [5.74, 6) is 0.442. The number of sulfonamides is 1. The van der Waals surface area contributed by atoms with E-state index in [0.717, 1.165) is 11.1 Å². The highest BCUT2D eigenvalue weighted by molar-refractivity contribution is 7.89. The molecule has 156 valence electrons. The number of nitrogens with zero attached hydrogens (tertiary/aromatic N) is 1. The van der Waals surface area contributed by atoms with Gasteiger partial charge in [0.1, 0.15) is 5.75 Å². The first-order chi connectivity index (χ1) is 13.8. The largest absolute Gasteiger partial charge is 0.496 e. The molecule has 2 rings (SSSR count). The van der Waals surface area contributed by atoms with Crippen LogP contribution < -0.4 is 10.1 Å². The van der Waals surface area contributed by atoms with E-state index in [2.05, 4.69) is 5.32 Å². The lowest BCUT2D eigenvalue weighted by Crippen LogP contribution is -2.30. The number of ether oxygens (including phenoxy) is 1. The number of hydrogen-bond acceptors (Lipinski definition) is 4. The number of benzene rings is 2. The predicted octanol–water partition coefficient (Wildman–Crippen LogP) is 3.62. The van der Waals surface area contributed by atoms with E-state index in [1.54, 1.807) is 37.5 Å². The molecule has 29 heavy (non-hydrogen) atoms. The number of methoxy groups -OCH3 is 1. The fourth-order valence-electron chi connectivity index (χ4n) is 2.96. The molecule has 0 aromatic heterocycles. The third kappa shape index (κ3) is 5.68. The standard InChI is InChI=1S/C22H28N2O4S/c1-5-24(6-2)29(26,27)20-14-11-18(12-15-20)17(3)23-22(25)16-13-19-9-7-8-10-21(19)28-4/h7-17H,5-6H2,1-4H3,(H,23,25). The van der Waals surface area contributed by atoms with Crippen molar-refractivity contribution >= 4 is 22.0 Å². The molecule has 0 aliphatic rings. The number of rotatable bonds is 9. The minimum absolute atomic E-state index is 0.247. The zero-order valence-corrected chi connectivity index (χ0v) is 18.1. The third-order valence-corrected chi connectivity index (χ3v) is 6.70. The Morgan fingerprint density at radius 1 is 1.10 bits per heavy atom. The second-order valence-corrected chi connectivity index (χ2v) is 8.40. The zero-order valence-electron chi connectivity index (χ0n) is 17.3. The summed E-state index contributed by atoms with van der Waals surface area (Å²) < 4.78 is 31.8. The van der Waals surface area contributed by atoms with Gasteiger partial charge in [-0.15, -0.1) is 0 Å². The van der Waals surface area contributed by atoms with Crippen molar-refractivity contribution in [1.82, 2.24) is 9.62 Å². The van der Waals surface area contributed by atoms with Crippen LogP contribution in [0.15, 0.2) is 59.5 Å². The van der Waals surface area contributed by atoms with Crippen molar-refractivity contribution in [1.29, 1.82) is 0 Å². The van der Waals surface area contributed by atoms with Crippen molar-refractivity contribution in [3.05, 3.63) is 65.7 Å². The summed E-state index contributed by atoms with van der Waals surface area (Å²) in [6, 6.07) is 13.8. The SMILES string of the molecule is CCN(CC)S(=O)(=O)c1ccc(C(C)NC(=O)C=Cc2ccccc2OC)cc1. The van der Waals surface area contributed by atoms with Gasteiger partial charge < -0.3 is 10.1 Å². The number of carbonyl (C=O) groups excluding carboxylic acids is 1. The van der Waals surface area contributed by atoms with E-state index in [1.807, 2.05) is 45.0 Å². The molecule has 6 nitrogen and oxygen atoms in total. The van der Waals surface area contributed by atoms with Crippen molar-refractivity contribution in [3.63, 3.8) is 0 Å². The van der Waals surface area contributed by atoms with Crippen molar-refractivity contribution in [2.45, 2.75) is 31.7 Å². The monoisotopic (exact) mass is 416 g/mol. The molecule has 0 saturated heterocycles. The average Bonchev–Trinajstić information content (AvgIpc) is 2.73. The van der Waals surface area contributed by atoms with Crippen LogP contribution in [-0.4, -0.2) is 38.8 Å². The second kappa shape index (κ2) is 10.2. The summed E-state index contributed by atoms with van der Waals surface area (Å²) >= 11 is 0. The predicted molar refractivity (Wildman–Crippen MR) is 115 cm³/mol. The van der Waals surface area contributed by atoms with E-state index in [0.29, 0.717) is 18.8 Å². The van der Waals surface area contributed by atoms with Crippen LogP contribution in [0.5, 0.6) is 5.75 Å². The van der Waals surface area contributed by atoms with E-state index >= 15 is 0 Å². The third-order valence-electron chi connectivity index (χ3n) is 4.64. The van der Waals surface area contributed by atoms with Gasteiger partial charge in [0.25, 0.3) is 0 Å². The lowest BCUT2D eigenvalue weighted by atomic mass is 10.1. The van der Waals surface area contributed by atoms with Gasteiger partial charge in [0.05, 0.1) is 18.0 Å². The molecule has 0 aliphatic heterocycles. The second-order valence-electron chi connectivity index (χ2n) is 6.46. The minimum atomic E-state index is -3.49. The first kappa shape index (κ1) is 22.6. The van der Waals surface area contributed by atoms with Gasteiger partial charge in [-0.2, -0.15) is 4.31 Å². The maximum absolute atomic E-state index is 12.6. The molecule has 0 heterocycles. The number of nitrogens with one attached hydrogen (secondary N) is 1. The van der Waals surface area contributed by atoms with Crippen LogP contribution in [0.25, 0.3) is 6.08 Å². The van der Waals surface area contributed by atoms with Gasteiger partial charge in [0.2, 0.25) is 15.9 Å². The van der Waals surface area contributed by atoms with Crippen LogP contribution in [0.1, 0.15) is 37.9 Å². The molecule has 0 aliphatic carbocycles. The Balaban J connectivity index is 2.06. The Morgan fingerprint density at radius 2 is 1.72 bits per heavy atom. The van der Waals surface area contributed by atoms with Crippen molar-refractivity contribution < 1.29 is 17.9 Å². The molecule has 1 unspecified atom stereocenters. The average molecular weight is 417 g/mol. The fraction of sp³-hybridized carbons (Fsp3) is 0.318. The van der Waals surface area contributed by atoms with Crippen LogP contribution in [0.4, 0.5) is 0 Å². The molecule has 0 saturated carbocycles. The van der Waals surface area contributed by atoms with E-state index in [1.165, 1.54) is 10.4 Å². The molecule has 1 amide bonds. The van der Waals surface area contributed by atoms with Crippen molar-refractivity contribution in [2.24, 2.45) is 0 Å². The van der Waals surface area contributed by atoms with Crippen LogP contribution in [0, 0.1) is 0 Å². The highest BCUT2D eigenvalue weighted by atomic mass is 32.2. The highest BCUT2D eigenvalue weighted by Crippen LogP contribution is 2.20. The minimum Gasteiger partial charge on any atom is -0.496 e. The molecule has 0 radical (unpaired) electrons. The first-order valence-electron chi connectivity index (χ1n) is 9.55. The number of amides is 1. The van der Waals surface area contributed by atoms with Gasteiger partial charge in [-0.25, -0.2) is 8.42 Å². The number of carbonyl (C=O) groups is 1. The quantitative estimate of drug-likeness (QED) is 0.634. The van der Waals surface area contributed by atoms with Gasteiger partial charge in [-0.3, -0.25) is 4.79 Å². The molecular formula is C22H28N2O4S. The summed E-state index contributed by atoms with van der Waals surface area (Å²) in [5, 5.41) is 2.88. The molecule has 0 fully saturated rings. The Labute approximate surface area is 173 Å². The smallest absolute Gasteiger partial charge is 0.244 e. The molecular weight excluding hydrogens is 388 g/mol. The number of para-hydroxylation sites is 1. The fourth-order valence-corrected chi connectivity index (χ4v) is 4.41. The summed E-state index contributed by atoms with van der Waals surface area (Å²) in [7, 11) is -1.91. The first-order valence-corrected chi connectivity index (χ1v) is 11.0. The van der Waals surface area contributed by atoms with E-state index in [-0.39, 0.29) is 16.8 Å².